The van der Waals surface area contributed by atoms with Gasteiger partial charge in [0, 0.05) is 34.4 Å². The first kappa shape index (κ1) is 42.2. The Morgan fingerprint density at radius 1 is 1.08 bits per heavy atom. The highest BCUT2D eigenvalue weighted by Gasteiger charge is 2.47. The molecule has 2 aliphatic rings. The molecule has 1 unspecified atom stereocenters. The molecule has 1 fully saturated rings. The molecule has 0 aliphatic carbocycles. The Kier molecular flexibility index (Phi) is 16.2. The van der Waals surface area contributed by atoms with E-state index in [0.29, 0.717) is 29.0 Å². The number of cyclic esters (lactones) is 1. The van der Waals surface area contributed by atoms with Gasteiger partial charge in [0.25, 0.3) is 0 Å². The molecule has 0 spiro atoms. The van der Waals surface area contributed by atoms with E-state index in [4.69, 9.17) is 30.5 Å². The smallest absolute Gasteiger partial charge is 0.411 e. The molecule has 1 aromatic carbocycles. The van der Waals surface area contributed by atoms with Crippen LogP contribution in [0.4, 0.5) is 10.5 Å². The van der Waals surface area contributed by atoms with Crippen molar-refractivity contribution in [1.82, 2.24) is 4.90 Å². The van der Waals surface area contributed by atoms with Gasteiger partial charge >= 0.3 is 12.1 Å². The summed E-state index contributed by atoms with van der Waals surface area (Å²) >= 11 is 5.93. The number of nitrogens with zero attached hydrogens (tertiary/aromatic N) is 1. The lowest BCUT2D eigenvalue weighted by molar-refractivity contribution is -0.302. The van der Waals surface area contributed by atoms with Crippen molar-refractivity contribution >= 4 is 41.4 Å². The van der Waals surface area contributed by atoms with Crippen molar-refractivity contribution in [2.24, 2.45) is 23.7 Å². The van der Waals surface area contributed by atoms with Crippen molar-refractivity contribution in [3.63, 3.8) is 0 Å². The van der Waals surface area contributed by atoms with Crippen LogP contribution in [0.15, 0.2) is 48.1 Å². The van der Waals surface area contributed by atoms with Crippen LogP contribution in [0.3, 0.4) is 0 Å². The number of likely N-dealkylation sites (N-methyl/N-ethyl adjacent to an activating group) is 1. The fourth-order valence-corrected chi connectivity index (χ4v) is 6.58. The maximum atomic E-state index is 13.3. The van der Waals surface area contributed by atoms with Crippen molar-refractivity contribution < 1.29 is 53.4 Å². The predicted octanol–water partition coefficient (Wildman–Crippen LogP) is 3.92. The first-order valence-electron chi connectivity index (χ1n) is 17.3. The number of aliphatic hydroxyl groups is 3. The molecule has 13 nitrogen and oxygen atoms in total. The Bertz CT molecular complexity index is 1390. The fraction of sp³-hybridized carbons (Fsp3) is 0.622. The van der Waals surface area contributed by atoms with Gasteiger partial charge in [0.05, 0.1) is 36.9 Å². The number of amides is 1. The van der Waals surface area contributed by atoms with Crippen molar-refractivity contribution in [2.45, 2.75) is 103 Å². The molecular weight excluding hydrogens is 684 g/mol. The number of esters is 1. The Balaban J connectivity index is 1.90. The largest absolute Gasteiger partial charge is 0.462 e. The van der Waals surface area contributed by atoms with Crippen LogP contribution in [0.1, 0.15) is 53.9 Å². The number of anilines is 1. The van der Waals surface area contributed by atoms with Crippen LogP contribution in [-0.2, 0) is 33.3 Å². The van der Waals surface area contributed by atoms with E-state index in [2.05, 4.69) is 5.32 Å². The van der Waals surface area contributed by atoms with E-state index < -0.39 is 91.1 Å². The maximum absolute atomic E-state index is 13.3. The third-order valence-electron chi connectivity index (χ3n) is 9.55. The average Bonchev–Trinajstić information content (AvgIpc) is 3.08. The van der Waals surface area contributed by atoms with Crippen molar-refractivity contribution in [3.05, 3.63) is 53.1 Å². The zero-order valence-corrected chi connectivity index (χ0v) is 31.1. The van der Waals surface area contributed by atoms with E-state index in [1.54, 1.807) is 90.0 Å². The number of halogens is 1. The second-order valence-corrected chi connectivity index (χ2v) is 14.2. The number of hydrogen-bond donors (Lipinski definition) is 4. The quantitative estimate of drug-likeness (QED) is 0.224. The van der Waals surface area contributed by atoms with E-state index in [1.165, 1.54) is 6.08 Å². The number of aldehydes is 1. The van der Waals surface area contributed by atoms with Gasteiger partial charge in [-0.2, -0.15) is 0 Å². The van der Waals surface area contributed by atoms with Gasteiger partial charge < -0.3 is 44.0 Å². The normalized spacial score (nSPS) is 36.0. The number of ether oxygens (including phenoxy) is 4. The second-order valence-electron chi connectivity index (χ2n) is 13.8. The maximum Gasteiger partial charge on any atom is 0.411 e. The third-order valence-corrected chi connectivity index (χ3v) is 9.80. The molecule has 284 valence electrons. The Morgan fingerprint density at radius 2 is 1.75 bits per heavy atom. The molecule has 12 atom stereocenters. The summed E-state index contributed by atoms with van der Waals surface area (Å²) in [5.41, 5.74) is 1.11. The number of nitrogens with one attached hydrogen (secondary N) is 1. The molecule has 3 rings (SSSR count). The summed E-state index contributed by atoms with van der Waals surface area (Å²) in [6, 6.07) is 5.72. The van der Waals surface area contributed by atoms with E-state index >= 15 is 0 Å². The summed E-state index contributed by atoms with van der Waals surface area (Å²) in [7, 11) is 3.39. The van der Waals surface area contributed by atoms with Crippen molar-refractivity contribution in [2.75, 3.05) is 26.0 Å². The minimum atomic E-state index is -1.37. The van der Waals surface area contributed by atoms with Crippen LogP contribution in [0.5, 0.6) is 0 Å². The standard InChI is InChI=1S/C37H53ClN2O11/c1-8-30-25(19-48-37(47)39-27-12-10-26(38)11-13-27)15-20(2)9-14-28(42)21(3)16-24(18-41)35(22(4)29(43)17-31(44)50-30)51-36-34(46)32(40(6)7)33(45)23(5)49-36/h9-15,18,21-25,29-30,32-36,43,45-46H,8,16-17,19H2,1-7H3,(H,39,47)/b14-9+,20-15+/t21-,22+,23-,24?,25-,29-,30-,32+,33-,34-,35-,36+/m1/s1. The topological polar surface area (TPSA) is 181 Å². The number of carbonyl (C=O) groups is 4. The van der Waals surface area contributed by atoms with Crippen molar-refractivity contribution in [3.8, 4) is 0 Å². The zero-order chi connectivity index (χ0) is 38.0. The number of aliphatic hydroxyl groups excluding tert-OH is 3. The monoisotopic (exact) mass is 736 g/mol. The lowest BCUT2D eigenvalue weighted by Gasteiger charge is -2.46. The molecule has 0 radical (unpaired) electrons. The van der Waals surface area contributed by atoms with Crippen LogP contribution in [0.25, 0.3) is 0 Å². The number of hydrogen-bond acceptors (Lipinski definition) is 12. The third kappa shape index (κ3) is 11.9. The molecule has 14 heteroatoms. The second kappa shape index (κ2) is 19.6. The van der Waals surface area contributed by atoms with Gasteiger partial charge in [-0.25, -0.2) is 4.79 Å². The number of allylic oxidation sites excluding steroid dienone is 3. The highest BCUT2D eigenvalue weighted by molar-refractivity contribution is 6.30. The molecule has 0 saturated carbocycles. The average molecular weight is 737 g/mol. The van der Waals surface area contributed by atoms with Crippen LogP contribution in [0, 0.1) is 23.7 Å². The highest BCUT2D eigenvalue weighted by atomic mass is 35.5. The summed E-state index contributed by atoms with van der Waals surface area (Å²) in [6.07, 6.45) is -3.07. The lowest BCUT2D eigenvalue weighted by atomic mass is 9.81. The van der Waals surface area contributed by atoms with Gasteiger partial charge in [-0.15, -0.1) is 0 Å². The minimum Gasteiger partial charge on any atom is -0.462 e. The van der Waals surface area contributed by atoms with Crippen LogP contribution >= 0.6 is 11.6 Å². The molecule has 51 heavy (non-hydrogen) atoms. The molecule has 2 aliphatic heterocycles. The van der Waals surface area contributed by atoms with E-state index in [9.17, 15) is 34.5 Å². The lowest BCUT2D eigenvalue weighted by Crippen LogP contribution is -2.63. The Morgan fingerprint density at radius 3 is 2.35 bits per heavy atom. The van der Waals surface area contributed by atoms with Crippen LogP contribution in [0.2, 0.25) is 5.02 Å². The first-order valence-corrected chi connectivity index (χ1v) is 17.7. The summed E-state index contributed by atoms with van der Waals surface area (Å²) in [4.78, 5) is 53.5. The van der Waals surface area contributed by atoms with Gasteiger partial charge in [-0.1, -0.05) is 50.1 Å². The molecule has 0 aromatic heterocycles. The van der Waals surface area contributed by atoms with Gasteiger partial charge in [0.15, 0.2) is 12.1 Å². The first-order chi connectivity index (χ1) is 24.1. The Hall–Kier alpha value is -3.17. The molecular formula is C37H53ClN2O11. The Labute approximate surface area is 304 Å². The SMILES string of the molecule is CC[C@H]1OC(=O)C[C@@H](O)[C@H](C)[C@@H](O[C@@H]2O[C@H](C)[C@@H](O)[C@H](N(C)C)[C@H]2O)C(C=O)C[C@@H](C)C(=O)/C=C/C(C)=C/[C@@H]1COC(=O)Nc1ccc(Cl)cc1. The zero-order valence-electron chi connectivity index (χ0n) is 30.3. The number of benzene rings is 1. The van der Waals surface area contributed by atoms with Gasteiger partial charge in [-0.05, 0) is 71.1 Å². The summed E-state index contributed by atoms with van der Waals surface area (Å²) in [6.45, 7) is 8.30. The van der Waals surface area contributed by atoms with Gasteiger partial charge in [0.2, 0.25) is 0 Å². The number of carbonyl (C=O) groups excluding carboxylic acids is 4. The molecule has 1 amide bonds. The van der Waals surface area contributed by atoms with Gasteiger partial charge in [0.1, 0.15) is 25.1 Å². The summed E-state index contributed by atoms with van der Waals surface area (Å²) in [5, 5.41) is 36.4. The van der Waals surface area contributed by atoms with E-state index in [-0.39, 0.29) is 18.8 Å². The van der Waals surface area contributed by atoms with Crippen LogP contribution < -0.4 is 5.32 Å². The molecule has 4 N–H and O–H groups in total. The summed E-state index contributed by atoms with van der Waals surface area (Å²) < 4.78 is 23.5. The molecule has 2 heterocycles. The van der Waals surface area contributed by atoms with E-state index in [1.807, 2.05) is 0 Å². The van der Waals surface area contributed by atoms with E-state index in [0.717, 1.165) is 0 Å². The summed E-state index contributed by atoms with van der Waals surface area (Å²) in [5.74, 6) is -4.08. The number of ketones is 1. The molecule has 0 bridgehead atoms. The fourth-order valence-electron chi connectivity index (χ4n) is 6.46. The molecule has 1 saturated heterocycles. The molecule has 1 aromatic rings. The van der Waals surface area contributed by atoms with Crippen molar-refractivity contribution in [1.29, 1.82) is 0 Å². The highest BCUT2D eigenvalue weighted by Crippen LogP contribution is 2.32. The predicted molar refractivity (Wildman–Crippen MR) is 190 cm³/mol. The van der Waals surface area contributed by atoms with Gasteiger partial charge in [-0.3, -0.25) is 14.9 Å². The number of rotatable bonds is 8. The van der Waals surface area contributed by atoms with Crippen LogP contribution in [-0.4, -0.2) is 114 Å². The minimum absolute atomic E-state index is 0.0385.